The van der Waals surface area contributed by atoms with Gasteiger partial charge >= 0.3 is 7.12 Å². The van der Waals surface area contributed by atoms with Gasteiger partial charge in [0.05, 0.1) is 22.5 Å². The zero-order valence-electron chi connectivity index (χ0n) is 13.1. The van der Waals surface area contributed by atoms with E-state index in [4.69, 9.17) is 9.31 Å². The standard InChI is InChI=1S/C16H21BN2O2/c1-15(2)16(3,4)21-17(20-15)13-6-7-14(12(10-13)11-18)19-8-5-9-19/h6-7,10H,5,8-9H2,1-4H3. The summed E-state index contributed by atoms with van der Waals surface area (Å²) in [5.41, 5.74) is 1.90. The highest BCUT2D eigenvalue weighted by atomic mass is 16.7. The van der Waals surface area contributed by atoms with Crippen LogP contribution in [0, 0.1) is 11.3 Å². The van der Waals surface area contributed by atoms with Crippen LogP contribution in [0.25, 0.3) is 0 Å². The molecule has 4 nitrogen and oxygen atoms in total. The first-order valence-corrected chi connectivity index (χ1v) is 7.49. The Balaban J connectivity index is 1.89. The molecule has 1 aromatic carbocycles. The molecule has 0 radical (unpaired) electrons. The molecule has 2 saturated heterocycles. The van der Waals surface area contributed by atoms with Crippen molar-refractivity contribution in [2.24, 2.45) is 0 Å². The fraction of sp³-hybridized carbons (Fsp3) is 0.562. The number of nitriles is 1. The highest BCUT2D eigenvalue weighted by Crippen LogP contribution is 2.36. The summed E-state index contributed by atoms with van der Waals surface area (Å²) in [6, 6.07) is 8.22. The van der Waals surface area contributed by atoms with Crippen LogP contribution in [0.4, 0.5) is 5.69 Å². The van der Waals surface area contributed by atoms with Gasteiger partial charge in [0.2, 0.25) is 0 Å². The molecule has 1 aromatic rings. The Morgan fingerprint density at radius 1 is 1.14 bits per heavy atom. The van der Waals surface area contributed by atoms with Gasteiger partial charge in [0.15, 0.2) is 0 Å². The maximum atomic E-state index is 9.40. The number of rotatable bonds is 2. The number of hydrogen-bond donors (Lipinski definition) is 0. The highest BCUT2D eigenvalue weighted by Gasteiger charge is 2.51. The Morgan fingerprint density at radius 3 is 2.24 bits per heavy atom. The molecule has 0 amide bonds. The summed E-state index contributed by atoms with van der Waals surface area (Å²) >= 11 is 0. The minimum atomic E-state index is -0.410. The second-order valence-corrected chi connectivity index (χ2v) is 6.82. The van der Waals surface area contributed by atoms with Crippen LogP contribution in [0.3, 0.4) is 0 Å². The maximum Gasteiger partial charge on any atom is 0.494 e. The summed E-state index contributed by atoms with van der Waals surface area (Å²) < 4.78 is 12.1. The molecule has 0 N–H and O–H groups in total. The Hall–Kier alpha value is -1.51. The van der Waals surface area contributed by atoms with E-state index in [0.717, 1.165) is 24.2 Å². The Labute approximate surface area is 126 Å². The van der Waals surface area contributed by atoms with E-state index in [-0.39, 0.29) is 11.2 Å². The molecule has 2 aliphatic heterocycles. The third kappa shape index (κ3) is 2.33. The lowest BCUT2D eigenvalue weighted by Gasteiger charge is -2.34. The maximum absolute atomic E-state index is 9.40. The summed E-state index contributed by atoms with van der Waals surface area (Å²) in [5, 5.41) is 9.40. The normalized spacial score (nSPS) is 22.8. The highest BCUT2D eigenvalue weighted by molar-refractivity contribution is 6.62. The van der Waals surface area contributed by atoms with Gasteiger partial charge in [-0.05, 0) is 51.7 Å². The molecule has 110 valence electrons. The van der Waals surface area contributed by atoms with Crippen LogP contribution in [0.2, 0.25) is 0 Å². The van der Waals surface area contributed by atoms with Crippen LogP contribution >= 0.6 is 0 Å². The number of nitrogens with zero attached hydrogens (tertiary/aromatic N) is 2. The summed E-state index contributed by atoms with van der Waals surface area (Å²) in [6.07, 6.45) is 1.20. The Morgan fingerprint density at radius 2 is 1.76 bits per heavy atom. The topological polar surface area (TPSA) is 45.5 Å². The van der Waals surface area contributed by atoms with Crippen LogP contribution in [0.5, 0.6) is 0 Å². The zero-order chi connectivity index (χ0) is 15.3. The van der Waals surface area contributed by atoms with E-state index in [1.54, 1.807) is 0 Å². The van der Waals surface area contributed by atoms with Crippen molar-refractivity contribution in [3.05, 3.63) is 23.8 Å². The molecule has 0 aromatic heterocycles. The summed E-state index contributed by atoms with van der Waals surface area (Å²) in [5.74, 6) is 0. The molecule has 0 unspecified atom stereocenters. The molecule has 0 atom stereocenters. The largest absolute Gasteiger partial charge is 0.494 e. The van der Waals surface area contributed by atoms with E-state index in [0.29, 0.717) is 5.56 Å². The van der Waals surface area contributed by atoms with Crippen LogP contribution in [-0.2, 0) is 9.31 Å². The van der Waals surface area contributed by atoms with E-state index in [9.17, 15) is 5.26 Å². The van der Waals surface area contributed by atoms with Gasteiger partial charge in [-0.15, -0.1) is 0 Å². The van der Waals surface area contributed by atoms with Crippen LogP contribution in [0.15, 0.2) is 18.2 Å². The summed E-state index contributed by atoms with van der Waals surface area (Å²) in [7, 11) is -0.410. The molecule has 5 heteroatoms. The first-order valence-electron chi connectivity index (χ1n) is 7.49. The fourth-order valence-electron chi connectivity index (χ4n) is 2.60. The zero-order valence-corrected chi connectivity index (χ0v) is 13.1. The molecule has 0 saturated carbocycles. The van der Waals surface area contributed by atoms with Crippen molar-refractivity contribution >= 4 is 18.3 Å². The lowest BCUT2D eigenvalue weighted by molar-refractivity contribution is 0.00578. The average molecular weight is 284 g/mol. The summed E-state index contributed by atoms with van der Waals surface area (Å²) in [4.78, 5) is 2.23. The molecule has 2 aliphatic rings. The van der Waals surface area contributed by atoms with Crippen LogP contribution < -0.4 is 10.4 Å². The van der Waals surface area contributed by atoms with Gasteiger partial charge in [0.1, 0.15) is 6.07 Å². The SMILES string of the molecule is CC1(C)OB(c2ccc(N3CCC3)c(C#N)c2)OC1(C)C. The van der Waals surface area contributed by atoms with Gasteiger partial charge in [-0.1, -0.05) is 6.07 Å². The Bertz CT molecular complexity index is 587. The summed E-state index contributed by atoms with van der Waals surface area (Å²) in [6.45, 7) is 10.2. The molecule has 2 fully saturated rings. The molecular formula is C16H21BN2O2. The first-order chi connectivity index (χ1) is 9.84. The second kappa shape index (κ2) is 4.76. The molecule has 0 aliphatic carbocycles. The molecule has 0 spiro atoms. The second-order valence-electron chi connectivity index (χ2n) is 6.82. The van der Waals surface area contributed by atoms with Crippen molar-refractivity contribution in [3.8, 4) is 6.07 Å². The van der Waals surface area contributed by atoms with Crippen molar-refractivity contribution in [2.75, 3.05) is 18.0 Å². The van der Waals surface area contributed by atoms with Gasteiger partial charge < -0.3 is 14.2 Å². The minimum Gasteiger partial charge on any atom is -0.399 e. The lowest BCUT2D eigenvalue weighted by Crippen LogP contribution is -2.41. The fourth-order valence-corrected chi connectivity index (χ4v) is 2.60. The van der Waals surface area contributed by atoms with E-state index < -0.39 is 7.12 Å². The van der Waals surface area contributed by atoms with Gasteiger partial charge in [-0.25, -0.2) is 0 Å². The van der Waals surface area contributed by atoms with Crippen molar-refractivity contribution in [1.29, 1.82) is 5.26 Å². The van der Waals surface area contributed by atoms with Crippen LogP contribution in [0.1, 0.15) is 39.7 Å². The minimum absolute atomic E-state index is 0.360. The molecule has 0 bridgehead atoms. The van der Waals surface area contributed by atoms with Crippen molar-refractivity contribution in [1.82, 2.24) is 0 Å². The van der Waals surface area contributed by atoms with Gasteiger partial charge in [0.25, 0.3) is 0 Å². The van der Waals surface area contributed by atoms with Gasteiger partial charge in [0, 0.05) is 13.1 Å². The average Bonchev–Trinajstić information content (AvgIpc) is 2.57. The van der Waals surface area contributed by atoms with E-state index in [1.165, 1.54) is 6.42 Å². The number of hydrogen-bond acceptors (Lipinski definition) is 4. The van der Waals surface area contributed by atoms with E-state index in [1.807, 2.05) is 45.9 Å². The van der Waals surface area contributed by atoms with Gasteiger partial charge in [-0.3, -0.25) is 0 Å². The van der Waals surface area contributed by atoms with Crippen molar-refractivity contribution in [3.63, 3.8) is 0 Å². The van der Waals surface area contributed by atoms with E-state index >= 15 is 0 Å². The van der Waals surface area contributed by atoms with E-state index in [2.05, 4.69) is 11.0 Å². The van der Waals surface area contributed by atoms with Crippen molar-refractivity contribution < 1.29 is 9.31 Å². The number of benzene rings is 1. The monoisotopic (exact) mass is 284 g/mol. The Kier molecular flexibility index (Phi) is 3.27. The molecule has 3 rings (SSSR count). The molecule has 2 heterocycles. The number of anilines is 1. The van der Waals surface area contributed by atoms with Crippen molar-refractivity contribution in [2.45, 2.75) is 45.3 Å². The predicted molar refractivity (Wildman–Crippen MR) is 83.7 cm³/mol. The first kappa shape index (κ1) is 14.4. The third-order valence-corrected chi connectivity index (χ3v) is 4.86. The predicted octanol–water partition coefficient (Wildman–Crippen LogP) is 2.07. The molecule has 21 heavy (non-hydrogen) atoms. The smallest absolute Gasteiger partial charge is 0.399 e. The van der Waals surface area contributed by atoms with Gasteiger partial charge in [-0.2, -0.15) is 5.26 Å². The lowest BCUT2D eigenvalue weighted by atomic mass is 9.78. The third-order valence-electron chi connectivity index (χ3n) is 4.86. The molecular weight excluding hydrogens is 263 g/mol. The quantitative estimate of drug-likeness (QED) is 0.780. The van der Waals surface area contributed by atoms with Crippen LogP contribution in [-0.4, -0.2) is 31.4 Å².